The van der Waals surface area contributed by atoms with Crippen LogP contribution in [0, 0.1) is 0 Å². The Morgan fingerprint density at radius 1 is 1.45 bits per heavy atom. The number of ether oxygens (including phenoxy) is 2. The van der Waals surface area contributed by atoms with E-state index in [0.717, 1.165) is 18.5 Å². The average Bonchev–Trinajstić information content (AvgIpc) is 2.40. The van der Waals surface area contributed by atoms with Crippen molar-refractivity contribution in [3.05, 3.63) is 22.7 Å². The van der Waals surface area contributed by atoms with Gasteiger partial charge in [0.25, 0.3) is 0 Å². The van der Waals surface area contributed by atoms with Gasteiger partial charge in [0.1, 0.15) is 0 Å². The fourth-order valence-electron chi connectivity index (χ4n) is 1.72. The number of rotatable bonds is 9. The molecule has 0 heterocycles. The molecule has 0 unspecified atom stereocenters. The van der Waals surface area contributed by atoms with Crippen LogP contribution in [0.4, 0.5) is 0 Å². The molecule has 112 valence electrons. The molecule has 0 saturated heterocycles. The average molecular weight is 301 g/mol. The molecule has 0 spiro atoms. The highest BCUT2D eigenvalue weighted by molar-refractivity contribution is 6.30. The van der Waals surface area contributed by atoms with Crippen LogP contribution in [0.3, 0.4) is 0 Å². The first-order valence-corrected chi connectivity index (χ1v) is 6.94. The molecular formula is C14H21ClN2O3. The van der Waals surface area contributed by atoms with E-state index in [1.807, 2.05) is 6.07 Å². The number of amides is 1. The van der Waals surface area contributed by atoms with Crippen LogP contribution in [-0.4, -0.2) is 26.2 Å². The van der Waals surface area contributed by atoms with Crippen LogP contribution >= 0.6 is 11.6 Å². The second kappa shape index (κ2) is 8.66. The molecule has 5 nitrogen and oxygen atoms in total. The van der Waals surface area contributed by atoms with Crippen molar-refractivity contribution in [2.24, 2.45) is 5.73 Å². The fourth-order valence-corrected chi connectivity index (χ4v) is 1.95. The number of nitrogens with one attached hydrogen (secondary N) is 1. The predicted octanol–water partition coefficient (Wildman–Crippen LogP) is 2.10. The van der Waals surface area contributed by atoms with E-state index < -0.39 is 5.91 Å². The second-order valence-corrected chi connectivity index (χ2v) is 4.77. The van der Waals surface area contributed by atoms with Gasteiger partial charge in [0.15, 0.2) is 11.5 Å². The number of hydrogen-bond donors (Lipinski definition) is 2. The van der Waals surface area contributed by atoms with Crippen LogP contribution in [-0.2, 0) is 11.3 Å². The molecule has 0 fully saturated rings. The van der Waals surface area contributed by atoms with Gasteiger partial charge in [-0.3, -0.25) is 4.79 Å². The molecule has 0 saturated carbocycles. The van der Waals surface area contributed by atoms with E-state index in [1.165, 1.54) is 0 Å². The number of methoxy groups -OCH3 is 1. The molecule has 0 atom stereocenters. The lowest BCUT2D eigenvalue weighted by Gasteiger charge is -2.16. The van der Waals surface area contributed by atoms with Crippen molar-refractivity contribution in [1.29, 1.82) is 0 Å². The molecule has 20 heavy (non-hydrogen) atoms. The SMILES string of the molecule is CCCNCc1cc(Cl)cc(OC)c1OCCC(N)=O. The van der Waals surface area contributed by atoms with Crippen molar-refractivity contribution in [2.45, 2.75) is 26.3 Å². The van der Waals surface area contributed by atoms with E-state index in [1.54, 1.807) is 13.2 Å². The molecule has 0 aliphatic rings. The third kappa shape index (κ3) is 5.27. The summed E-state index contributed by atoms with van der Waals surface area (Å²) in [4.78, 5) is 10.8. The Labute approximate surface area is 124 Å². The van der Waals surface area contributed by atoms with Gasteiger partial charge in [0, 0.05) is 23.2 Å². The lowest BCUT2D eigenvalue weighted by Crippen LogP contribution is -2.17. The van der Waals surface area contributed by atoms with Gasteiger partial charge in [-0.15, -0.1) is 0 Å². The molecule has 1 aromatic rings. The van der Waals surface area contributed by atoms with Crippen molar-refractivity contribution >= 4 is 17.5 Å². The summed E-state index contributed by atoms with van der Waals surface area (Å²) in [5.74, 6) is 0.751. The first-order chi connectivity index (χ1) is 9.58. The van der Waals surface area contributed by atoms with Crippen molar-refractivity contribution in [1.82, 2.24) is 5.32 Å². The van der Waals surface area contributed by atoms with Crippen LogP contribution in [0.25, 0.3) is 0 Å². The Morgan fingerprint density at radius 3 is 2.80 bits per heavy atom. The third-order valence-corrected chi connectivity index (χ3v) is 2.87. The Kier molecular flexibility index (Phi) is 7.18. The van der Waals surface area contributed by atoms with Crippen molar-refractivity contribution in [2.75, 3.05) is 20.3 Å². The Hall–Kier alpha value is -1.46. The Bertz CT molecular complexity index is 452. The maximum absolute atomic E-state index is 10.8. The molecule has 0 aromatic heterocycles. The van der Waals surface area contributed by atoms with E-state index in [2.05, 4.69) is 12.2 Å². The summed E-state index contributed by atoms with van der Waals surface area (Å²) in [7, 11) is 1.55. The Morgan fingerprint density at radius 2 is 2.20 bits per heavy atom. The molecule has 1 rings (SSSR count). The Balaban J connectivity index is 2.87. The minimum atomic E-state index is -0.399. The fraction of sp³-hybridized carbons (Fsp3) is 0.500. The highest BCUT2D eigenvalue weighted by Crippen LogP contribution is 2.34. The lowest BCUT2D eigenvalue weighted by molar-refractivity contribution is -0.118. The van der Waals surface area contributed by atoms with Gasteiger partial charge >= 0.3 is 0 Å². The first kappa shape index (κ1) is 16.6. The van der Waals surface area contributed by atoms with Crippen molar-refractivity contribution in [3.8, 4) is 11.5 Å². The van der Waals surface area contributed by atoms with Gasteiger partial charge in [-0.1, -0.05) is 18.5 Å². The number of nitrogens with two attached hydrogens (primary N) is 1. The van der Waals surface area contributed by atoms with Gasteiger partial charge in [0.2, 0.25) is 5.91 Å². The van der Waals surface area contributed by atoms with Crippen LogP contribution in [0.15, 0.2) is 12.1 Å². The summed E-state index contributed by atoms with van der Waals surface area (Å²) >= 11 is 6.06. The topological polar surface area (TPSA) is 73.6 Å². The smallest absolute Gasteiger partial charge is 0.220 e. The van der Waals surface area contributed by atoms with E-state index in [4.69, 9.17) is 26.8 Å². The number of carbonyl (C=O) groups is 1. The van der Waals surface area contributed by atoms with Crippen LogP contribution < -0.4 is 20.5 Å². The van der Waals surface area contributed by atoms with E-state index in [-0.39, 0.29) is 13.0 Å². The van der Waals surface area contributed by atoms with Crippen LogP contribution in [0.1, 0.15) is 25.3 Å². The molecule has 0 bridgehead atoms. The minimum Gasteiger partial charge on any atom is -0.493 e. The van der Waals surface area contributed by atoms with Gasteiger partial charge in [0.05, 0.1) is 20.1 Å². The quantitative estimate of drug-likeness (QED) is 0.685. The molecular weight excluding hydrogens is 280 g/mol. The zero-order valence-electron chi connectivity index (χ0n) is 11.9. The van der Waals surface area contributed by atoms with Crippen molar-refractivity contribution in [3.63, 3.8) is 0 Å². The number of halogens is 1. The summed E-state index contributed by atoms with van der Waals surface area (Å²) in [5.41, 5.74) is 6.00. The van der Waals surface area contributed by atoms with E-state index in [9.17, 15) is 4.79 Å². The zero-order chi connectivity index (χ0) is 15.0. The third-order valence-electron chi connectivity index (χ3n) is 2.65. The highest BCUT2D eigenvalue weighted by Gasteiger charge is 2.13. The van der Waals surface area contributed by atoms with E-state index in [0.29, 0.717) is 23.1 Å². The molecule has 0 radical (unpaired) electrons. The standard InChI is InChI=1S/C14H21ClN2O3/c1-3-5-17-9-10-7-11(15)8-12(19-2)14(10)20-6-4-13(16)18/h7-8,17H,3-6,9H2,1-2H3,(H2,16,18). The maximum atomic E-state index is 10.8. The van der Waals surface area contributed by atoms with Gasteiger partial charge < -0.3 is 20.5 Å². The maximum Gasteiger partial charge on any atom is 0.220 e. The number of benzene rings is 1. The summed E-state index contributed by atoms with van der Waals surface area (Å²) in [6.07, 6.45) is 1.20. The molecule has 1 amide bonds. The van der Waals surface area contributed by atoms with Crippen molar-refractivity contribution < 1.29 is 14.3 Å². The summed E-state index contributed by atoms with van der Waals surface area (Å²) in [6.45, 7) is 3.83. The second-order valence-electron chi connectivity index (χ2n) is 4.34. The lowest BCUT2D eigenvalue weighted by atomic mass is 10.1. The van der Waals surface area contributed by atoms with E-state index >= 15 is 0 Å². The van der Waals surface area contributed by atoms with Crippen LogP contribution in [0.5, 0.6) is 11.5 Å². The number of hydrogen-bond acceptors (Lipinski definition) is 4. The monoisotopic (exact) mass is 300 g/mol. The first-order valence-electron chi connectivity index (χ1n) is 6.56. The minimum absolute atomic E-state index is 0.160. The molecule has 6 heteroatoms. The predicted molar refractivity (Wildman–Crippen MR) is 79.3 cm³/mol. The summed E-state index contributed by atoms with van der Waals surface area (Å²) < 4.78 is 10.9. The summed E-state index contributed by atoms with van der Waals surface area (Å²) in [5, 5.41) is 3.86. The number of primary amides is 1. The normalized spacial score (nSPS) is 10.3. The molecule has 3 N–H and O–H groups in total. The zero-order valence-corrected chi connectivity index (χ0v) is 12.6. The molecule has 0 aliphatic heterocycles. The molecule has 1 aromatic carbocycles. The van der Waals surface area contributed by atoms with Gasteiger partial charge in [-0.05, 0) is 19.0 Å². The molecule has 0 aliphatic carbocycles. The van der Waals surface area contributed by atoms with Crippen LogP contribution in [0.2, 0.25) is 5.02 Å². The number of carbonyl (C=O) groups excluding carboxylic acids is 1. The highest BCUT2D eigenvalue weighted by atomic mass is 35.5. The van der Waals surface area contributed by atoms with Gasteiger partial charge in [-0.25, -0.2) is 0 Å². The van der Waals surface area contributed by atoms with Gasteiger partial charge in [-0.2, -0.15) is 0 Å². The summed E-state index contributed by atoms with van der Waals surface area (Å²) in [6, 6.07) is 3.51. The largest absolute Gasteiger partial charge is 0.493 e.